The molecular formula is C15H8ClFO2. The third-order valence-electron chi connectivity index (χ3n) is 2.79. The molecule has 3 rings (SSSR count). The first kappa shape index (κ1) is 11.9. The smallest absolute Gasteiger partial charge is 0.228 e. The molecule has 19 heavy (non-hydrogen) atoms. The fourth-order valence-corrected chi connectivity index (χ4v) is 2.09. The molecule has 3 aromatic rings. The number of halogens is 2. The molecule has 2 nitrogen and oxygen atoms in total. The van der Waals surface area contributed by atoms with Crippen molar-refractivity contribution in [2.75, 3.05) is 0 Å². The van der Waals surface area contributed by atoms with Crippen LogP contribution in [0, 0.1) is 5.82 Å². The summed E-state index contributed by atoms with van der Waals surface area (Å²) in [6, 6.07) is 12.2. The van der Waals surface area contributed by atoms with Crippen molar-refractivity contribution in [1.29, 1.82) is 0 Å². The Kier molecular flexibility index (Phi) is 2.84. The van der Waals surface area contributed by atoms with Crippen LogP contribution in [-0.2, 0) is 0 Å². The third-order valence-corrected chi connectivity index (χ3v) is 3.02. The lowest BCUT2D eigenvalue weighted by Crippen LogP contribution is -1.98. The Balaban J connectivity index is 2.06. The average Bonchev–Trinajstić information content (AvgIpc) is 2.80. The Morgan fingerprint density at radius 2 is 1.95 bits per heavy atom. The van der Waals surface area contributed by atoms with Crippen LogP contribution in [-0.4, -0.2) is 5.78 Å². The van der Waals surface area contributed by atoms with Gasteiger partial charge in [-0.3, -0.25) is 4.79 Å². The van der Waals surface area contributed by atoms with Crippen molar-refractivity contribution in [3.05, 3.63) is 70.7 Å². The number of carbonyl (C=O) groups excluding carboxylic acids is 1. The number of benzene rings is 2. The summed E-state index contributed by atoms with van der Waals surface area (Å²) in [6.07, 6.45) is 0. The SMILES string of the molecule is O=C(c1cccc(Cl)c1)c1cc2cc(F)ccc2o1. The molecule has 0 amide bonds. The van der Waals surface area contributed by atoms with Gasteiger partial charge in [0, 0.05) is 16.0 Å². The first-order valence-electron chi connectivity index (χ1n) is 5.63. The van der Waals surface area contributed by atoms with Gasteiger partial charge in [-0.1, -0.05) is 23.7 Å². The second kappa shape index (κ2) is 4.52. The molecule has 0 aliphatic rings. The zero-order valence-corrected chi connectivity index (χ0v) is 10.4. The fourth-order valence-electron chi connectivity index (χ4n) is 1.90. The molecule has 0 saturated heterocycles. The zero-order valence-electron chi connectivity index (χ0n) is 9.69. The largest absolute Gasteiger partial charge is 0.453 e. The summed E-state index contributed by atoms with van der Waals surface area (Å²) in [5.74, 6) is -0.475. The van der Waals surface area contributed by atoms with Crippen LogP contribution in [0.5, 0.6) is 0 Å². The number of rotatable bonds is 2. The van der Waals surface area contributed by atoms with Crippen molar-refractivity contribution in [2.45, 2.75) is 0 Å². The van der Waals surface area contributed by atoms with E-state index in [-0.39, 0.29) is 17.4 Å². The van der Waals surface area contributed by atoms with E-state index in [0.29, 0.717) is 21.6 Å². The molecule has 0 aliphatic heterocycles. The minimum absolute atomic E-state index is 0.169. The van der Waals surface area contributed by atoms with Gasteiger partial charge in [0.25, 0.3) is 0 Å². The number of carbonyl (C=O) groups is 1. The summed E-state index contributed by atoms with van der Waals surface area (Å²) in [6.45, 7) is 0. The summed E-state index contributed by atoms with van der Waals surface area (Å²) in [5, 5.41) is 1.04. The van der Waals surface area contributed by atoms with E-state index in [4.69, 9.17) is 16.0 Å². The summed E-state index contributed by atoms with van der Waals surface area (Å²) in [7, 11) is 0. The van der Waals surface area contributed by atoms with Crippen molar-refractivity contribution >= 4 is 28.4 Å². The van der Waals surface area contributed by atoms with E-state index in [1.807, 2.05) is 0 Å². The average molecular weight is 275 g/mol. The van der Waals surface area contributed by atoms with E-state index < -0.39 is 0 Å². The van der Waals surface area contributed by atoms with Crippen molar-refractivity contribution in [3.63, 3.8) is 0 Å². The van der Waals surface area contributed by atoms with Crippen LogP contribution in [0.15, 0.2) is 52.9 Å². The highest BCUT2D eigenvalue weighted by atomic mass is 35.5. The van der Waals surface area contributed by atoms with E-state index in [2.05, 4.69) is 0 Å². The number of ketones is 1. The van der Waals surface area contributed by atoms with Crippen LogP contribution in [0.3, 0.4) is 0 Å². The minimum atomic E-state index is -0.366. The Morgan fingerprint density at radius 3 is 2.74 bits per heavy atom. The normalized spacial score (nSPS) is 10.8. The molecule has 2 aromatic carbocycles. The highest BCUT2D eigenvalue weighted by Gasteiger charge is 2.15. The van der Waals surface area contributed by atoms with E-state index in [9.17, 15) is 9.18 Å². The summed E-state index contributed by atoms with van der Waals surface area (Å²) in [4.78, 5) is 12.2. The van der Waals surface area contributed by atoms with E-state index >= 15 is 0 Å². The molecular weight excluding hydrogens is 267 g/mol. The monoisotopic (exact) mass is 274 g/mol. The van der Waals surface area contributed by atoms with Crippen LogP contribution < -0.4 is 0 Å². The third kappa shape index (κ3) is 2.25. The van der Waals surface area contributed by atoms with Gasteiger partial charge < -0.3 is 4.42 Å². The molecule has 0 unspecified atom stereocenters. The summed E-state index contributed by atoms with van der Waals surface area (Å²) in [5.41, 5.74) is 0.916. The van der Waals surface area contributed by atoms with E-state index in [1.54, 1.807) is 24.3 Å². The predicted octanol–water partition coefficient (Wildman–Crippen LogP) is 4.46. The molecule has 0 spiro atoms. The van der Waals surface area contributed by atoms with Gasteiger partial charge in [0.05, 0.1) is 0 Å². The Morgan fingerprint density at radius 1 is 1.11 bits per heavy atom. The standard InChI is InChI=1S/C15H8ClFO2/c16-11-3-1-2-9(6-11)15(18)14-8-10-7-12(17)4-5-13(10)19-14/h1-8H. The van der Waals surface area contributed by atoms with Crippen molar-refractivity contribution in [3.8, 4) is 0 Å². The van der Waals surface area contributed by atoms with Gasteiger partial charge in [0.1, 0.15) is 11.4 Å². The maximum atomic E-state index is 13.1. The second-order valence-electron chi connectivity index (χ2n) is 4.13. The molecule has 0 radical (unpaired) electrons. The summed E-state index contributed by atoms with van der Waals surface area (Å²) < 4.78 is 18.5. The highest BCUT2D eigenvalue weighted by Crippen LogP contribution is 2.23. The van der Waals surface area contributed by atoms with Gasteiger partial charge in [-0.25, -0.2) is 4.39 Å². The topological polar surface area (TPSA) is 30.2 Å². The highest BCUT2D eigenvalue weighted by molar-refractivity contribution is 6.31. The first-order chi connectivity index (χ1) is 9.13. The maximum Gasteiger partial charge on any atom is 0.228 e. The van der Waals surface area contributed by atoms with Crippen molar-refractivity contribution < 1.29 is 13.6 Å². The van der Waals surface area contributed by atoms with Crippen LogP contribution in [0.4, 0.5) is 4.39 Å². The molecule has 1 heterocycles. The lowest BCUT2D eigenvalue weighted by molar-refractivity contribution is 0.101. The number of fused-ring (bicyclic) bond motifs is 1. The molecule has 0 aliphatic carbocycles. The van der Waals surface area contributed by atoms with Crippen LogP contribution in [0.1, 0.15) is 16.1 Å². The van der Waals surface area contributed by atoms with Crippen LogP contribution in [0.2, 0.25) is 5.02 Å². The molecule has 0 N–H and O–H groups in total. The first-order valence-corrected chi connectivity index (χ1v) is 6.01. The molecule has 0 saturated carbocycles. The molecule has 1 aromatic heterocycles. The van der Waals surface area contributed by atoms with Gasteiger partial charge in [-0.15, -0.1) is 0 Å². The summed E-state index contributed by atoms with van der Waals surface area (Å²) >= 11 is 5.84. The Hall–Kier alpha value is -2.13. The van der Waals surface area contributed by atoms with Gasteiger partial charge in [-0.05, 0) is 36.4 Å². The second-order valence-corrected chi connectivity index (χ2v) is 4.57. The van der Waals surface area contributed by atoms with Crippen LogP contribution in [0.25, 0.3) is 11.0 Å². The number of furan rings is 1. The number of hydrogen-bond acceptors (Lipinski definition) is 2. The van der Waals surface area contributed by atoms with Gasteiger partial charge >= 0.3 is 0 Å². The Bertz CT molecular complexity index is 777. The van der Waals surface area contributed by atoms with E-state index in [1.165, 1.54) is 24.3 Å². The molecule has 0 atom stereocenters. The predicted molar refractivity (Wildman–Crippen MR) is 71.1 cm³/mol. The van der Waals surface area contributed by atoms with Gasteiger partial charge in [-0.2, -0.15) is 0 Å². The molecule has 0 bridgehead atoms. The van der Waals surface area contributed by atoms with Gasteiger partial charge in [0.15, 0.2) is 5.76 Å². The maximum absolute atomic E-state index is 13.1. The molecule has 94 valence electrons. The van der Waals surface area contributed by atoms with E-state index in [0.717, 1.165) is 0 Å². The molecule has 0 fully saturated rings. The Labute approximate surface area is 113 Å². The fraction of sp³-hybridized carbons (Fsp3) is 0. The van der Waals surface area contributed by atoms with Crippen LogP contribution >= 0.6 is 11.6 Å². The molecule has 4 heteroatoms. The zero-order chi connectivity index (χ0) is 13.4. The van der Waals surface area contributed by atoms with Crippen molar-refractivity contribution in [1.82, 2.24) is 0 Å². The quantitative estimate of drug-likeness (QED) is 0.646. The lowest BCUT2D eigenvalue weighted by atomic mass is 10.1. The van der Waals surface area contributed by atoms with Gasteiger partial charge in [0.2, 0.25) is 5.78 Å². The van der Waals surface area contributed by atoms with Crippen molar-refractivity contribution in [2.24, 2.45) is 0 Å². The minimum Gasteiger partial charge on any atom is -0.453 e. The lowest BCUT2D eigenvalue weighted by Gasteiger charge is -1.97. The number of hydrogen-bond donors (Lipinski definition) is 0.